The number of benzene rings is 13. The van der Waals surface area contributed by atoms with E-state index in [0.29, 0.717) is 0 Å². The highest BCUT2D eigenvalue weighted by atomic mass is 15.1. The van der Waals surface area contributed by atoms with Crippen LogP contribution in [-0.4, -0.2) is 0 Å². The Morgan fingerprint density at radius 1 is 0.161 bits per heavy atom. The topological polar surface area (TPSA) is 15.3 Å². The van der Waals surface area contributed by atoms with E-state index in [1.807, 2.05) is 0 Å². The molecule has 0 bridgehead atoms. The molecule has 0 aliphatic rings. The van der Waals surface area contributed by atoms with Crippen LogP contribution >= 0.6 is 0 Å². The molecule has 13 rings (SSSR count). The number of hydrogen-bond acceptors (Lipinski definition) is 2. The summed E-state index contributed by atoms with van der Waals surface area (Å²) >= 11 is 0. The fraction of sp³-hybridized carbons (Fsp3) is 0.393. The van der Waals surface area contributed by atoms with Crippen LogP contribution in [0.3, 0.4) is 0 Å². The minimum absolute atomic E-state index is 0.104. The van der Waals surface area contributed by atoms with Crippen LogP contribution in [0.25, 0.3) is 99.4 Å². The molecule has 0 saturated heterocycles. The maximum absolute atomic E-state index is 4.46. The van der Waals surface area contributed by atoms with E-state index in [4.69, 9.17) is 0 Å². The molecule has 13 aromatic rings. The van der Waals surface area contributed by atoms with Crippen molar-refractivity contribution in [3.63, 3.8) is 0 Å². The molecule has 2 nitrogen and oxygen atoms in total. The Morgan fingerprint density at radius 3 is 0.613 bits per heavy atom. The van der Waals surface area contributed by atoms with E-state index >= 15 is 0 Å². The molecular weight excluding hydrogens is 1490 g/mol. The quantitative estimate of drug-likeness (QED) is 0.0969. The van der Waals surface area contributed by atoms with E-state index < -0.39 is 0 Å². The number of anilines is 5. The summed E-state index contributed by atoms with van der Waals surface area (Å²) in [5, 5.41) is 8.90. The van der Waals surface area contributed by atoms with Gasteiger partial charge < -0.3 is 10.2 Å². The van der Waals surface area contributed by atoms with E-state index in [1.165, 1.54) is 111 Å². The van der Waals surface area contributed by atoms with Gasteiger partial charge in [0.25, 0.3) is 0 Å². The van der Waals surface area contributed by atoms with Crippen LogP contribution in [0.1, 0.15) is 316 Å². The van der Waals surface area contributed by atoms with Gasteiger partial charge in [0.1, 0.15) is 0 Å². The van der Waals surface area contributed by atoms with Crippen molar-refractivity contribution < 1.29 is 0 Å². The van der Waals surface area contributed by atoms with Gasteiger partial charge in [-0.05, 0) is 270 Å². The molecule has 0 unspecified atom stereocenters. The molecule has 124 heavy (non-hydrogen) atoms. The summed E-state index contributed by atoms with van der Waals surface area (Å²) in [7, 11) is 0. The summed E-state index contributed by atoms with van der Waals surface area (Å²) in [6.45, 7) is 85.2. The number of nitrogens with one attached hydrogen (secondary N) is 1. The first kappa shape index (κ1) is 91.7. The zero-order valence-corrected chi connectivity index (χ0v) is 83.0. The summed E-state index contributed by atoms with van der Waals surface area (Å²) in [6.07, 6.45) is 0. The second-order valence-electron chi connectivity index (χ2n) is 49.0. The molecule has 0 spiro atoms. The van der Waals surface area contributed by atoms with Gasteiger partial charge in [-0.15, -0.1) is 0 Å². The van der Waals surface area contributed by atoms with Crippen LogP contribution in [0.2, 0.25) is 0 Å². The number of rotatable bonds is 12. The molecule has 2 heteroatoms. The zero-order valence-electron chi connectivity index (χ0n) is 83.0. The molecular formula is C122H148N2. The fourth-order valence-electron chi connectivity index (χ4n) is 17.0. The van der Waals surface area contributed by atoms with Crippen LogP contribution in [0.15, 0.2) is 237 Å². The lowest BCUT2D eigenvalue weighted by Gasteiger charge is -2.32. The molecule has 0 aliphatic heterocycles. The Balaban J connectivity index is 1.25. The Bertz CT molecular complexity index is 5540. The number of nitrogens with zero attached hydrogens (tertiary/aromatic N) is 1. The van der Waals surface area contributed by atoms with Gasteiger partial charge in [0.15, 0.2) is 0 Å². The highest BCUT2D eigenvalue weighted by molar-refractivity contribution is 6.23. The Morgan fingerprint density at radius 2 is 0.371 bits per heavy atom. The second kappa shape index (κ2) is 32.1. The van der Waals surface area contributed by atoms with Gasteiger partial charge in [0.2, 0.25) is 0 Å². The lowest BCUT2D eigenvalue weighted by atomic mass is 9.78. The van der Waals surface area contributed by atoms with E-state index in [0.717, 1.165) is 83.4 Å². The molecule has 1 N–H and O–H groups in total. The maximum atomic E-state index is 4.46. The molecule has 0 radical (unpaired) electrons. The fourth-order valence-corrected chi connectivity index (χ4v) is 17.0. The van der Waals surface area contributed by atoms with E-state index in [2.05, 4.69) is 496 Å². The van der Waals surface area contributed by atoms with E-state index in [-0.39, 0.29) is 65.0 Å². The molecule has 0 saturated carbocycles. The number of fused-ring (bicyclic) bond motifs is 2. The third-order valence-corrected chi connectivity index (χ3v) is 25.9. The van der Waals surface area contributed by atoms with Crippen molar-refractivity contribution in [3.8, 4) is 77.9 Å². The standard InChI is InChI=1S/C122H148N2/c1-111(2,3)90-51-84(52-91(70-90)112(4,5)6)78-48-79(85-53-92(113(7,8)9)71-93(54-85)114(10,11)12)64-102(63-78)123-109-105-44-40-41-45-106(105)110(107-47-46-77(69-108(107)109)76-42-38-37-39-43-76)124(103-65-80(86-55-94(115(13,14)15)72-95(56-86)116(16,17)18)49-81(66-103)87-57-96(117(19,20)21)73-97(58-87)118(22,23)24)104-67-82(88-59-98(119(25,26)27)74-99(60-88)120(28,29)30)50-83(68-104)89-61-100(121(31,32)33)75-101(62-89)122(34,35)36/h37-75,123H,1-36H3. The number of hydrogen-bond donors (Lipinski definition) is 1. The monoisotopic (exact) mass is 1640 g/mol. The lowest BCUT2D eigenvalue weighted by Crippen LogP contribution is -2.17. The first-order chi connectivity index (χ1) is 56.9. The van der Waals surface area contributed by atoms with Crippen molar-refractivity contribution >= 4 is 50.0 Å². The van der Waals surface area contributed by atoms with Crippen LogP contribution in [0.4, 0.5) is 28.4 Å². The van der Waals surface area contributed by atoms with Gasteiger partial charge in [0, 0.05) is 38.6 Å². The molecule has 0 fully saturated rings. The molecule has 0 aliphatic carbocycles. The third kappa shape index (κ3) is 20.1. The highest BCUT2D eigenvalue weighted by Gasteiger charge is 2.33. The first-order valence-electron chi connectivity index (χ1n) is 46.0. The van der Waals surface area contributed by atoms with Crippen molar-refractivity contribution in [2.45, 2.75) is 314 Å². The zero-order chi connectivity index (χ0) is 91.1. The van der Waals surface area contributed by atoms with Gasteiger partial charge >= 0.3 is 0 Å². The molecule has 0 amide bonds. The van der Waals surface area contributed by atoms with Crippen LogP contribution in [0, 0.1) is 0 Å². The van der Waals surface area contributed by atoms with Crippen molar-refractivity contribution in [3.05, 3.63) is 303 Å². The maximum Gasteiger partial charge on any atom is 0.0620 e. The SMILES string of the molecule is CC(C)(C)c1cc(-c2cc(Nc3c4ccccc4c(N(c4cc(-c5cc(C(C)(C)C)cc(C(C)(C)C)c5)cc(-c5cc(C(C)(C)C)cc(C(C)(C)C)c5)c4)c4cc(-c5cc(C(C)(C)C)cc(C(C)(C)C)c5)cc(-c5cc(C(C)(C)C)cc(C(C)(C)C)c5)c4)c4ccc(-c5ccccc5)cc34)cc(-c3cc(C(C)(C)C)cc(C(C)(C)C)c3)c2)cc(C(C)(C)C)c1. The van der Waals surface area contributed by atoms with E-state index in [1.54, 1.807) is 0 Å². The third-order valence-electron chi connectivity index (χ3n) is 25.9. The summed E-state index contributed by atoms with van der Waals surface area (Å²) in [5.74, 6) is 0. The summed E-state index contributed by atoms with van der Waals surface area (Å²) in [6, 6.07) is 95.1. The Kier molecular flexibility index (Phi) is 23.8. The molecule has 13 aromatic carbocycles. The van der Waals surface area contributed by atoms with Gasteiger partial charge in [-0.2, -0.15) is 0 Å². The normalized spacial score (nSPS) is 13.3. The predicted octanol–water partition coefficient (Wildman–Crippen LogP) is 36.4. The second-order valence-corrected chi connectivity index (χ2v) is 49.0. The minimum Gasteiger partial charge on any atom is -0.354 e. The van der Waals surface area contributed by atoms with Crippen molar-refractivity contribution in [1.82, 2.24) is 0 Å². The molecule has 0 atom stereocenters. The lowest BCUT2D eigenvalue weighted by molar-refractivity contribution is 0.568. The largest absolute Gasteiger partial charge is 0.354 e. The van der Waals surface area contributed by atoms with Crippen LogP contribution in [0.5, 0.6) is 0 Å². The highest BCUT2D eigenvalue weighted by Crippen LogP contribution is 2.54. The van der Waals surface area contributed by atoms with Gasteiger partial charge in [-0.3, -0.25) is 0 Å². The smallest absolute Gasteiger partial charge is 0.0620 e. The van der Waals surface area contributed by atoms with Crippen molar-refractivity contribution in [2.75, 3.05) is 10.2 Å². The Labute approximate surface area is 750 Å². The van der Waals surface area contributed by atoms with Gasteiger partial charge in [0.05, 0.1) is 11.4 Å². The van der Waals surface area contributed by atoms with Crippen molar-refractivity contribution in [2.24, 2.45) is 0 Å². The summed E-state index contributed by atoms with van der Waals surface area (Å²) in [5.41, 5.74) is 35.9. The van der Waals surface area contributed by atoms with Gasteiger partial charge in [-0.25, -0.2) is 0 Å². The minimum atomic E-state index is -0.147. The van der Waals surface area contributed by atoms with Crippen molar-refractivity contribution in [1.29, 1.82) is 0 Å². The Hall–Kier alpha value is -10.0. The summed E-state index contributed by atoms with van der Waals surface area (Å²) < 4.78 is 0. The van der Waals surface area contributed by atoms with E-state index in [9.17, 15) is 0 Å². The van der Waals surface area contributed by atoms with Crippen LogP contribution < -0.4 is 10.2 Å². The summed E-state index contributed by atoms with van der Waals surface area (Å²) in [4.78, 5) is 2.71. The van der Waals surface area contributed by atoms with Gasteiger partial charge in [-0.1, -0.05) is 425 Å². The molecule has 0 heterocycles. The average Bonchev–Trinajstić information content (AvgIpc) is 0.720. The molecule has 0 aromatic heterocycles. The average molecular weight is 1640 g/mol. The first-order valence-corrected chi connectivity index (χ1v) is 46.0. The predicted molar refractivity (Wildman–Crippen MR) is 548 cm³/mol. The molecule has 646 valence electrons. The van der Waals surface area contributed by atoms with Crippen LogP contribution in [-0.2, 0) is 65.0 Å².